The zero-order chi connectivity index (χ0) is 19.2. The summed E-state index contributed by atoms with van der Waals surface area (Å²) in [5, 5.41) is 2.64. The molecule has 2 aromatic rings. The second kappa shape index (κ2) is 8.55. The molecular weight excluding hydrogens is 354 g/mol. The van der Waals surface area contributed by atoms with Crippen LogP contribution >= 0.6 is 0 Å². The van der Waals surface area contributed by atoms with E-state index in [0.717, 1.165) is 49.1 Å². The van der Waals surface area contributed by atoms with Crippen molar-refractivity contribution in [2.24, 2.45) is 0 Å². The number of carbonyl (C=O) groups is 2. The van der Waals surface area contributed by atoms with Gasteiger partial charge in [0, 0.05) is 36.1 Å². The molecule has 1 amide bonds. The lowest BCUT2D eigenvalue weighted by molar-refractivity contribution is -0.111. The number of ether oxygens (including phenoxy) is 1. The Hall–Kier alpha value is -3.06. The van der Waals surface area contributed by atoms with E-state index in [1.165, 1.54) is 0 Å². The number of hydrogen-bond acceptors (Lipinski definition) is 4. The molecular formula is C20H18F2N2O3. The standard InChI is InChI=1S/C20H18F2N2O3/c21-17-6-1-14(13-18(17)22)19(25)7-8-20(26)23-15-2-4-16(5-3-15)24-9-11-27-12-10-24/h1-8,13H,9-12H2,(H,23,26)/b8-7+. The van der Waals surface area contributed by atoms with Crippen molar-refractivity contribution in [2.75, 3.05) is 36.5 Å². The van der Waals surface area contributed by atoms with Gasteiger partial charge in [0.05, 0.1) is 13.2 Å². The van der Waals surface area contributed by atoms with Crippen LogP contribution in [0.15, 0.2) is 54.6 Å². The fourth-order valence-corrected chi connectivity index (χ4v) is 2.66. The quantitative estimate of drug-likeness (QED) is 0.647. The van der Waals surface area contributed by atoms with E-state index >= 15 is 0 Å². The smallest absolute Gasteiger partial charge is 0.248 e. The van der Waals surface area contributed by atoms with Crippen LogP contribution in [-0.4, -0.2) is 38.0 Å². The van der Waals surface area contributed by atoms with Crippen molar-refractivity contribution in [3.05, 3.63) is 71.8 Å². The van der Waals surface area contributed by atoms with Gasteiger partial charge in [0.2, 0.25) is 5.91 Å². The first-order chi connectivity index (χ1) is 13.0. The van der Waals surface area contributed by atoms with E-state index in [0.29, 0.717) is 18.9 Å². The molecule has 2 aromatic carbocycles. The van der Waals surface area contributed by atoms with Gasteiger partial charge in [-0.25, -0.2) is 8.78 Å². The molecule has 0 saturated carbocycles. The maximum atomic E-state index is 13.2. The summed E-state index contributed by atoms with van der Waals surface area (Å²) < 4.78 is 31.4. The highest BCUT2D eigenvalue weighted by Gasteiger charge is 2.11. The van der Waals surface area contributed by atoms with Gasteiger partial charge >= 0.3 is 0 Å². The number of hydrogen-bond donors (Lipinski definition) is 1. The third-order valence-electron chi connectivity index (χ3n) is 4.10. The number of carbonyl (C=O) groups excluding carboxylic acids is 2. The first kappa shape index (κ1) is 18.7. The Morgan fingerprint density at radius 3 is 2.33 bits per heavy atom. The molecule has 0 spiro atoms. The molecule has 0 unspecified atom stereocenters. The molecule has 1 heterocycles. The largest absolute Gasteiger partial charge is 0.378 e. The summed E-state index contributed by atoms with van der Waals surface area (Å²) in [5.41, 5.74) is 1.59. The number of ketones is 1. The number of benzene rings is 2. The van der Waals surface area contributed by atoms with Crippen LogP contribution < -0.4 is 10.2 Å². The van der Waals surface area contributed by atoms with Crippen LogP contribution in [0.5, 0.6) is 0 Å². The van der Waals surface area contributed by atoms with Gasteiger partial charge < -0.3 is 15.0 Å². The Labute approximate surface area is 155 Å². The van der Waals surface area contributed by atoms with Gasteiger partial charge in [-0.3, -0.25) is 9.59 Å². The fraction of sp³-hybridized carbons (Fsp3) is 0.200. The summed E-state index contributed by atoms with van der Waals surface area (Å²) in [6.45, 7) is 3.02. The number of nitrogens with zero attached hydrogens (tertiary/aromatic N) is 1. The third-order valence-corrected chi connectivity index (χ3v) is 4.10. The van der Waals surface area contributed by atoms with Gasteiger partial charge in [-0.2, -0.15) is 0 Å². The van der Waals surface area contributed by atoms with Gasteiger partial charge in [-0.05, 0) is 48.5 Å². The van der Waals surface area contributed by atoms with E-state index in [4.69, 9.17) is 4.74 Å². The number of amides is 1. The minimum Gasteiger partial charge on any atom is -0.378 e. The Morgan fingerprint density at radius 1 is 0.963 bits per heavy atom. The Kier molecular flexibility index (Phi) is 5.93. The highest BCUT2D eigenvalue weighted by atomic mass is 19.2. The second-order valence-electron chi connectivity index (χ2n) is 5.96. The molecule has 0 bridgehead atoms. The predicted octanol–water partition coefficient (Wildman–Crippen LogP) is 3.18. The zero-order valence-corrected chi connectivity index (χ0v) is 14.5. The molecule has 7 heteroatoms. The van der Waals surface area contributed by atoms with Crippen molar-refractivity contribution in [2.45, 2.75) is 0 Å². The number of anilines is 2. The molecule has 0 atom stereocenters. The van der Waals surface area contributed by atoms with Gasteiger partial charge in [0.15, 0.2) is 17.4 Å². The predicted molar refractivity (Wildman–Crippen MR) is 97.9 cm³/mol. The van der Waals surface area contributed by atoms with E-state index < -0.39 is 23.3 Å². The Bertz CT molecular complexity index is 860. The lowest BCUT2D eigenvalue weighted by atomic mass is 10.1. The topological polar surface area (TPSA) is 58.6 Å². The molecule has 1 saturated heterocycles. The van der Waals surface area contributed by atoms with E-state index in [1.807, 2.05) is 12.1 Å². The zero-order valence-electron chi connectivity index (χ0n) is 14.5. The highest BCUT2D eigenvalue weighted by Crippen LogP contribution is 2.19. The molecule has 1 N–H and O–H groups in total. The average molecular weight is 372 g/mol. The van der Waals surface area contributed by atoms with Crippen molar-refractivity contribution in [3.8, 4) is 0 Å². The lowest BCUT2D eigenvalue weighted by Crippen LogP contribution is -2.36. The molecule has 5 nitrogen and oxygen atoms in total. The van der Waals surface area contributed by atoms with Crippen LogP contribution in [0.25, 0.3) is 0 Å². The molecule has 27 heavy (non-hydrogen) atoms. The highest BCUT2D eigenvalue weighted by molar-refractivity contribution is 6.09. The molecule has 0 radical (unpaired) electrons. The maximum absolute atomic E-state index is 13.2. The van der Waals surface area contributed by atoms with Gasteiger partial charge in [0.1, 0.15) is 0 Å². The third kappa shape index (κ3) is 4.98. The van der Waals surface area contributed by atoms with Crippen LogP contribution in [-0.2, 0) is 9.53 Å². The monoisotopic (exact) mass is 372 g/mol. The Morgan fingerprint density at radius 2 is 1.67 bits per heavy atom. The molecule has 0 aliphatic carbocycles. The van der Waals surface area contributed by atoms with Crippen molar-refractivity contribution < 1.29 is 23.1 Å². The number of halogens is 2. The second-order valence-corrected chi connectivity index (χ2v) is 5.96. The van der Waals surface area contributed by atoms with E-state index in [2.05, 4.69) is 10.2 Å². The summed E-state index contributed by atoms with van der Waals surface area (Å²) in [6, 6.07) is 10.2. The van der Waals surface area contributed by atoms with Crippen LogP contribution in [0.3, 0.4) is 0 Å². The Balaban J connectivity index is 1.57. The first-order valence-electron chi connectivity index (χ1n) is 8.44. The van der Waals surface area contributed by atoms with Gasteiger partial charge in [0.25, 0.3) is 0 Å². The van der Waals surface area contributed by atoms with E-state index in [-0.39, 0.29) is 5.56 Å². The first-order valence-corrected chi connectivity index (χ1v) is 8.44. The molecule has 140 valence electrons. The van der Waals surface area contributed by atoms with Crippen molar-refractivity contribution >= 4 is 23.1 Å². The van der Waals surface area contributed by atoms with Crippen molar-refractivity contribution in [3.63, 3.8) is 0 Å². The normalized spacial score (nSPS) is 14.4. The number of morpholine rings is 1. The molecule has 1 aliphatic rings. The van der Waals surface area contributed by atoms with E-state index in [1.54, 1.807) is 12.1 Å². The minimum atomic E-state index is -1.11. The number of nitrogens with one attached hydrogen (secondary N) is 1. The molecule has 0 aromatic heterocycles. The summed E-state index contributed by atoms with van der Waals surface area (Å²) in [4.78, 5) is 26.0. The summed E-state index contributed by atoms with van der Waals surface area (Å²) in [6.07, 6.45) is 2.07. The molecule has 1 aliphatic heterocycles. The van der Waals surface area contributed by atoms with Crippen LogP contribution in [0, 0.1) is 11.6 Å². The van der Waals surface area contributed by atoms with Crippen LogP contribution in [0.2, 0.25) is 0 Å². The SMILES string of the molecule is O=C(/C=C/C(=O)c1ccc(F)c(F)c1)Nc1ccc(N2CCOCC2)cc1. The molecule has 3 rings (SSSR count). The van der Waals surface area contributed by atoms with Gasteiger partial charge in [-0.1, -0.05) is 0 Å². The van der Waals surface area contributed by atoms with Crippen LogP contribution in [0.1, 0.15) is 10.4 Å². The van der Waals surface area contributed by atoms with E-state index in [9.17, 15) is 18.4 Å². The summed E-state index contributed by atoms with van der Waals surface area (Å²) in [7, 11) is 0. The summed E-state index contributed by atoms with van der Waals surface area (Å²) >= 11 is 0. The van der Waals surface area contributed by atoms with Crippen molar-refractivity contribution in [1.82, 2.24) is 0 Å². The van der Waals surface area contributed by atoms with Crippen molar-refractivity contribution in [1.29, 1.82) is 0 Å². The summed E-state index contributed by atoms with van der Waals surface area (Å²) in [5.74, 6) is -3.23. The average Bonchev–Trinajstić information content (AvgIpc) is 2.69. The van der Waals surface area contributed by atoms with Crippen LogP contribution in [0.4, 0.5) is 20.2 Å². The van der Waals surface area contributed by atoms with Gasteiger partial charge in [-0.15, -0.1) is 0 Å². The minimum absolute atomic E-state index is 0.0344. The number of rotatable bonds is 5. The lowest BCUT2D eigenvalue weighted by Gasteiger charge is -2.28. The molecule has 1 fully saturated rings. The fourth-order valence-electron chi connectivity index (χ4n) is 2.66. The maximum Gasteiger partial charge on any atom is 0.248 e. The number of allylic oxidation sites excluding steroid dienone is 1.